The smallest absolute Gasteiger partial charge is 0.263 e. The van der Waals surface area contributed by atoms with Crippen LogP contribution in [0.15, 0.2) is 23.1 Å². The zero-order chi connectivity index (χ0) is 13.8. The van der Waals surface area contributed by atoms with Gasteiger partial charge in [-0.3, -0.25) is 10.2 Å². The van der Waals surface area contributed by atoms with Crippen LogP contribution in [0.3, 0.4) is 0 Å². The lowest BCUT2D eigenvalue weighted by Crippen LogP contribution is -2.39. The van der Waals surface area contributed by atoms with Gasteiger partial charge in [0.15, 0.2) is 0 Å². The Hall–Kier alpha value is -1.31. The second-order valence-electron chi connectivity index (χ2n) is 4.33. The second kappa shape index (κ2) is 6.23. The Bertz CT molecular complexity index is 472. The van der Waals surface area contributed by atoms with Crippen molar-refractivity contribution in [3.63, 3.8) is 0 Å². The van der Waals surface area contributed by atoms with Crippen molar-refractivity contribution in [2.75, 3.05) is 11.5 Å². The molecular formula is C12H16FN3O2S. The van der Waals surface area contributed by atoms with E-state index in [1.165, 1.54) is 23.9 Å². The summed E-state index contributed by atoms with van der Waals surface area (Å²) in [5, 5.41) is 0. The first kappa shape index (κ1) is 14.1. The first-order valence-electron chi connectivity index (χ1n) is 5.94. The Morgan fingerprint density at radius 3 is 3.00 bits per heavy atom. The lowest BCUT2D eigenvalue weighted by molar-refractivity contribution is -0.131. The summed E-state index contributed by atoms with van der Waals surface area (Å²) in [6, 6.07) is 4.71. The number of benzene rings is 1. The minimum atomic E-state index is -0.473. The molecule has 104 valence electrons. The average molecular weight is 285 g/mol. The lowest BCUT2D eigenvalue weighted by Gasteiger charge is -2.12. The molecule has 1 aliphatic rings. The normalized spacial score (nSPS) is 22.4. The van der Waals surface area contributed by atoms with E-state index in [-0.39, 0.29) is 17.7 Å². The molecule has 5 nitrogen and oxygen atoms in total. The van der Waals surface area contributed by atoms with Crippen molar-refractivity contribution in [2.24, 2.45) is 5.84 Å². The Balaban J connectivity index is 1.83. The van der Waals surface area contributed by atoms with Crippen LogP contribution in [0.2, 0.25) is 0 Å². The number of carbonyl (C=O) groups is 1. The molecule has 1 saturated heterocycles. The number of hydrogen-bond acceptors (Lipinski definition) is 5. The fourth-order valence-corrected chi connectivity index (χ4v) is 2.88. The zero-order valence-electron chi connectivity index (χ0n) is 10.3. The molecule has 0 aromatic heterocycles. The molecule has 2 atom stereocenters. The Labute approximate surface area is 114 Å². The molecule has 0 bridgehead atoms. The van der Waals surface area contributed by atoms with Gasteiger partial charge < -0.3 is 10.5 Å². The summed E-state index contributed by atoms with van der Waals surface area (Å²) >= 11 is 1.48. The minimum absolute atomic E-state index is 0.0204. The highest BCUT2D eigenvalue weighted by Gasteiger charge is 2.30. The molecule has 0 spiro atoms. The van der Waals surface area contributed by atoms with Gasteiger partial charge in [-0.1, -0.05) is 0 Å². The summed E-state index contributed by atoms with van der Waals surface area (Å²) < 4.78 is 18.8. The van der Waals surface area contributed by atoms with Crippen molar-refractivity contribution in [1.82, 2.24) is 5.43 Å². The summed E-state index contributed by atoms with van der Waals surface area (Å²) in [6.45, 7) is 0. The van der Waals surface area contributed by atoms with E-state index in [0.29, 0.717) is 12.2 Å². The van der Waals surface area contributed by atoms with Crippen molar-refractivity contribution in [3.8, 4) is 0 Å². The van der Waals surface area contributed by atoms with Crippen molar-refractivity contribution in [1.29, 1.82) is 0 Å². The second-order valence-corrected chi connectivity index (χ2v) is 5.42. The highest BCUT2D eigenvalue weighted by atomic mass is 32.2. The summed E-state index contributed by atoms with van der Waals surface area (Å²) in [4.78, 5) is 12.1. The number of anilines is 1. The number of nitrogen functional groups attached to an aromatic ring is 1. The predicted octanol–water partition coefficient (Wildman–Crippen LogP) is 1.04. The van der Waals surface area contributed by atoms with Crippen LogP contribution in [0, 0.1) is 5.82 Å². The molecule has 1 fully saturated rings. The molecule has 2 rings (SSSR count). The molecule has 1 aromatic carbocycles. The van der Waals surface area contributed by atoms with Crippen LogP contribution in [0.1, 0.15) is 12.8 Å². The third-order valence-electron chi connectivity index (χ3n) is 2.95. The first-order chi connectivity index (χ1) is 9.10. The summed E-state index contributed by atoms with van der Waals surface area (Å²) in [5.41, 5.74) is 7.63. The van der Waals surface area contributed by atoms with Crippen molar-refractivity contribution >= 4 is 23.4 Å². The molecule has 1 amide bonds. The summed E-state index contributed by atoms with van der Waals surface area (Å²) in [6.07, 6.45) is 0.957. The highest BCUT2D eigenvalue weighted by Crippen LogP contribution is 2.28. The number of rotatable bonds is 4. The molecule has 1 heterocycles. The number of amides is 1. The van der Waals surface area contributed by atoms with Gasteiger partial charge in [0, 0.05) is 10.6 Å². The van der Waals surface area contributed by atoms with E-state index in [1.54, 1.807) is 6.07 Å². The maximum Gasteiger partial charge on any atom is 0.263 e. The third-order valence-corrected chi connectivity index (χ3v) is 4.08. The van der Waals surface area contributed by atoms with Crippen molar-refractivity contribution in [3.05, 3.63) is 24.0 Å². The van der Waals surface area contributed by atoms with Gasteiger partial charge in [-0.25, -0.2) is 10.2 Å². The number of ether oxygens (including phenoxy) is 1. The standard InChI is InChI=1S/C12H16FN3O2S/c13-9-5-8(2-3-10(9)14)19-6-7-1-4-11(18-7)12(17)16-15/h2-3,5,7,11H,1,4,6,14-15H2,(H,16,17). The number of nitrogens with two attached hydrogens (primary N) is 2. The topological polar surface area (TPSA) is 90.4 Å². The maximum absolute atomic E-state index is 13.3. The van der Waals surface area contributed by atoms with Crippen LogP contribution in [-0.4, -0.2) is 23.9 Å². The Morgan fingerprint density at radius 2 is 2.32 bits per heavy atom. The molecule has 0 aliphatic carbocycles. The van der Waals surface area contributed by atoms with Gasteiger partial charge in [0.05, 0.1) is 11.8 Å². The molecule has 19 heavy (non-hydrogen) atoms. The fraction of sp³-hybridized carbons (Fsp3) is 0.417. The van der Waals surface area contributed by atoms with Crippen LogP contribution in [-0.2, 0) is 9.53 Å². The van der Waals surface area contributed by atoms with Gasteiger partial charge in [-0.05, 0) is 31.0 Å². The van der Waals surface area contributed by atoms with Gasteiger partial charge in [0.1, 0.15) is 11.9 Å². The van der Waals surface area contributed by atoms with E-state index in [2.05, 4.69) is 5.43 Å². The molecule has 7 heteroatoms. The Morgan fingerprint density at radius 1 is 1.53 bits per heavy atom. The van der Waals surface area contributed by atoms with E-state index in [9.17, 15) is 9.18 Å². The van der Waals surface area contributed by atoms with Crippen molar-refractivity contribution < 1.29 is 13.9 Å². The molecule has 2 unspecified atom stereocenters. The monoisotopic (exact) mass is 285 g/mol. The molecule has 0 radical (unpaired) electrons. The molecule has 5 N–H and O–H groups in total. The highest BCUT2D eigenvalue weighted by molar-refractivity contribution is 7.99. The number of halogens is 1. The summed E-state index contributed by atoms with van der Waals surface area (Å²) in [5.74, 6) is 5.00. The lowest BCUT2D eigenvalue weighted by atomic mass is 10.2. The largest absolute Gasteiger partial charge is 0.396 e. The van der Waals surface area contributed by atoms with Gasteiger partial charge in [0.2, 0.25) is 0 Å². The minimum Gasteiger partial charge on any atom is -0.396 e. The number of thioether (sulfide) groups is 1. The van der Waals surface area contributed by atoms with E-state index in [1.807, 2.05) is 0 Å². The molecular weight excluding hydrogens is 269 g/mol. The fourth-order valence-electron chi connectivity index (χ4n) is 1.90. The number of hydrogen-bond donors (Lipinski definition) is 3. The van der Waals surface area contributed by atoms with Crippen LogP contribution >= 0.6 is 11.8 Å². The first-order valence-corrected chi connectivity index (χ1v) is 6.92. The number of nitrogens with one attached hydrogen (secondary N) is 1. The third kappa shape index (κ3) is 3.59. The van der Waals surface area contributed by atoms with Gasteiger partial charge in [0.25, 0.3) is 5.91 Å². The SMILES string of the molecule is NNC(=O)C1CCC(CSc2ccc(N)c(F)c2)O1. The predicted molar refractivity (Wildman–Crippen MR) is 71.8 cm³/mol. The van der Waals surface area contributed by atoms with Gasteiger partial charge >= 0.3 is 0 Å². The maximum atomic E-state index is 13.3. The summed E-state index contributed by atoms with van der Waals surface area (Å²) in [7, 11) is 0. The van der Waals surface area contributed by atoms with E-state index < -0.39 is 11.9 Å². The average Bonchev–Trinajstić information content (AvgIpc) is 2.88. The number of carbonyl (C=O) groups excluding carboxylic acids is 1. The quantitative estimate of drug-likeness (QED) is 0.253. The molecule has 0 saturated carbocycles. The Kier molecular flexibility index (Phi) is 4.62. The van der Waals surface area contributed by atoms with Gasteiger partial charge in [-0.15, -0.1) is 11.8 Å². The molecule has 1 aromatic rings. The number of hydrazine groups is 1. The van der Waals surface area contributed by atoms with E-state index in [0.717, 1.165) is 11.3 Å². The van der Waals surface area contributed by atoms with Gasteiger partial charge in [-0.2, -0.15) is 0 Å². The van der Waals surface area contributed by atoms with Crippen molar-refractivity contribution in [2.45, 2.75) is 29.9 Å². The van der Waals surface area contributed by atoms with Crippen LogP contribution < -0.4 is 17.0 Å². The zero-order valence-corrected chi connectivity index (χ0v) is 11.1. The van der Waals surface area contributed by atoms with Crippen LogP contribution in [0.5, 0.6) is 0 Å². The van der Waals surface area contributed by atoms with E-state index in [4.69, 9.17) is 16.3 Å². The van der Waals surface area contributed by atoms with E-state index >= 15 is 0 Å². The van der Waals surface area contributed by atoms with Crippen LogP contribution in [0.25, 0.3) is 0 Å². The van der Waals surface area contributed by atoms with Crippen LogP contribution in [0.4, 0.5) is 10.1 Å². The molecule has 1 aliphatic heterocycles.